The minimum absolute atomic E-state index is 0. The van der Waals surface area contributed by atoms with Crippen LogP contribution in [0.1, 0.15) is 27.7 Å². The number of rotatable bonds is 5. The monoisotopic (exact) mass is 265 g/mol. The van der Waals surface area contributed by atoms with E-state index in [0.29, 0.717) is 0 Å². The molecule has 0 radical (unpaired) electrons. The van der Waals surface area contributed by atoms with E-state index in [0.717, 1.165) is 13.1 Å². The summed E-state index contributed by atoms with van der Waals surface area (Å²) in [6.07, 6.45) is 4.54. The Hall–Kier alpha value is -1.21. The topological polar surface area (TPSA) is 3.24 Å². The number of hydrogen-bond acceptors (Lipinski definition) is 1. The molecular formula is C16H24ClN. The van der Waals surface area contributed by atoms with Crippen molar-refractivity contribution in [1.29, 1.82) is 0 Å². The van der Waals surface area contributed by atoms with Crippen molar-refractivity contribution in [2.24, 2.45) is 0 Å². The summed E-state index contributed by atoms with van der Waals surface area (Å²) in [5, 5.41) is 0. The number of hydrogen-bond donors (Lipinski definition) is 0. The Morgan fingerprint density at radius 2 is 1.33 bits per heavy atom. The zero-order valence-electron chi connectivity index (χ0n) is 11.8. The minimum atomic E-state index is 0. The summed E-state index contributed by atoms with van der Waals surface area (Å²) in [5.74, 6) is 0. The van der Waals surface area contributed by atoms with Gasteiger partial charge in [0.05, 0.1) is 0 Å². The lowest BCUT2D eigenvalue weighted by Gasteiger charge is -2.22. The molecule has 0 unspecified atom stereocenters. The van der Waals surface area contributed by atoms with Gasteiger partial charge in [-0.3, -0.25) is 0 Å². The van der Waals surface area contributed by atoms with Gasteiger partial charge in [0.15, 0.2) is 0 Å². The van der Waals surface area contributed by atoms with Crippen molar-refractivity contribution in [2.45, 2.75) is 27.7 Å². The van der Waals surface area contributed by atoms with Gasteiger partial charge < -0.3 is 4.90 Å². The number of anilines is 1. The van der Waals surface area contributed by atoms with Crippen LogP contribution in [0, 0.1) is 0 Å². The van der Waals surface area contributed by atoms with E-state index >= 15 is 0 Å². The Morgan fingerprint density at radius 3 is 1.72 bits per heavy atom. The molecule has 2 heteroatoms. The van der Waals surface area contributed by atoms with Crippen molar-refractivity contribution in [3.05, 3.63) is 53.6 Å². The number of benzene rings is 1. The molecule has 0 fully saturated rings. The fourth-order valence-electron chi connectivity index (χ4n) is 1.51. The summed E-state index contributed by atoms with van der Waals surface area (Å²) in [4.78, 5) is 2.38. The molecule has 0 spiro atoms. The first-order valence-electron chi connectivity index (χ1n) is 6.16. The maximum Gasteiger partial charge on any atom is 0.0371 e. The van der Waals surface area contributed by atoms with E-state index in [9.17, 15) is 0 Å². The van der Waals surface area contributed by atoms with Crippen molar-refractivity contribution in [3.63, 3.8) is 0 Å². The van der Waals surface area contributed by atoms with E-state index in [1.165, 1.54) is 16.8 Å². The summed E-state index contributed by atoms with van der Waals surface area (Å²) >= 11 is 0. The van der Waals surface area contributed by atoms with Gasteiger partial charge in [-0.2, -0.15) is 0 Å². The highest BCUT2D eigenvalue weighted by atomic mass is 35.5. The zero-order chi connectivity index (χ0) is 12.7. The van der Waals surface area contributed by atoms with Crippen LogP contribution in [-0.2, 0) is 0 Å². The Balaban J connectivity index is 0.00000289. The molecule has 0 aliphatic rings. The zero-order valence-corrected chi connectivity index (χ0v) is 12.6. The Kier molecular flexibility index (Phi) is 8.23. The molecule has 0 aliphatic carbocycles. The summed E-state index contributed by atoms with van der Waals surface area (Å²) < 4.78 is 0. The highest BCUT2D eigenvalue weighted by molar-refractivity contribution is 5.85. The van der Waals surface area contributed by atoms with Gasteiger partial charge in [-0.1, -0.05) is 41.5 Å². The lowest BCUT2D eigenvalue weighted by molar-refractivity contribution is 0.941. The first-order valence-corrected chi connectivity index (χ1v) is 6.16. The van der Waals surface area contributed by atoms with E-state index in [2.05, 4.69) is 75.1 Å². The molecule has 1 aromatic rings. The Morgan fingerprint density at radius 1 is 0.889 bits per heavy atom. The predicted molar refractivity (Wildman–Crippen MR) is 84.8 cm³/mol. The second-order valence-electron chi connectivity index (χ2n) is 4.80. The smallest absolute Gasteiger partial charge is 0.0371 e. The summed E-state index contributed by atoms with van der Waals surface area (Å²) in [5.41, 5.74) is 4.01. The third kappa shape index (κ3) is 6.51. The van der Waals surface area contributed by atoms with Crippen LogP contribution in [0.25, 0.3) is 0 Å². The maximum absolute atomic E-state index is 2.38. The highest BCUT2D eigenvalue weighted by Gasteiger charge is 2.01. The van der Waals surface area contributed by atoms with Gasteiger partial charge >= 0.3 is 0 Å². The summed E-state index contributed by atoms with van der Waals surface area (Å²) in [7, 11) is 0. The molecule has 0 N–H and O–H groups in total. The molecule has 0 aliphatic heterocycles. The van der Waals surface area contributed by atoms with Crippen LogP contribution in [0.3, 0.4) is 0 Å². The van der Waals surface area contributed by atoms with Gasteiger partial charge in [0.1, 0.15) is 0 Å². The SMILES string of the molecule is CC(C)=CCN(CC=C(C)C)c1ccccc1.Cl. The van der Waals surface area contributed by atoms with Crippen molar-refractivity contribution >= 4 is 18.1 Å². The molecule has 1 aromatic carbocycles. The molecule has 0 bridgehead atoms. The molecule has 0 heterocycles. The fourth-order valence-corrected chi connectivity index (χ4v) is 1.51. The number of allylic oxidation sites excluding steroid dienone is 2. The van der Waals surface area contributed by atoms with Crippen LogP contribution >= 0.6 is 12.4 Å². The second-order valence-corrected chi connectivity index (χ2v) is 4.80. The van der Waals surface area contributed by atoms with Crippen molar-refractivity contribution in [1.82, 2.24) is 0 Å². The molecule has 1 nitrogen and oxygen atoms in total. The summed E-state index contributed by atoms with van der Waals surface area (Å²) in [6, 6.07) is 10.6. The maximum atomic E-state index is 2.38. The van der Waals surface area contributed by atoms with E-state index in [-0.39, 0.29) is 12.4 Å². The first kappa shape index (κ1) is 16.8. The molecule has 0 atom stereocenters. The van der Waals surface area contributed by atoms with Gasteiger partial charge in [-0.25, -0.2) is 0 Å². The first-order chi connectivity index (χ1) is 8.09. The van der Waals surface area contributed by atoms with Crippen LogP contribution < -0.4 is 4.90 Å². The highest BCUT2D eigenvalue weighted by Crippen LogP contribution is 2.13. The average molecular weight is 266 g/mol. The standard InChI is InChI=1S/C16H23N.ClH/c1-14(2)10-12-17(13-11-15(3)4)16-8-6-5-7-9-16;/h5-11H,12-13H2,1-4H3;1H. The van der Waals surface area contributed by atoms with Crippen LogP contribution in [0.5, 0.6) is 0 Å². The molecule has 18 heavy (non-hydrogen) atoms. The van der Waals surface area contributed by atoms with Crippen LogP contribution in [0.4, 0.5) is 5.69 Å². The molecule has 0 aromatic heterocycles. The molecular weight excluding hydrogens is 242 g/mol. The third-order valence-electron chi connectivity index (χ3n) is 2.56. The Bertz CT molecular complexity index is 365. The van der Waals surface area contributed by atoms with Gasteiger partial charge in [0.2, 0.25) is 0 Å². The summed E-state index contributed by atoms with van der Waals surface area (Å²) in [6.45, 7) is 10.5. The lowest BCUT2D eigenvalue weighted by atomic mass is 10.2. The van der Waals surface area contributed by atoms with Crippen molar-refractivity contribution in [2.75, 3.05) is 18.0 Å². The van der Waals surface area contributed by atoms with E-state index in [1.807, 2.05) is 0 Å². The fraction of sp³-hybridized carbons (Fsp3) is 0.375. The Labute approximate surface area is 118 Å². The molecule has 1 rings (SSSR count). The van der Waals surface area contributed by atoms with Crippen molar-refractivity contribution in [3.8, 4) is 0 Å². The van der Waals surface area contributed by atoms with Gasteiger partial charge in [0, 0.05) is 18.8 Å². The molecule has 100 valence electrons. The largest absolute Gasteiger partial charge is 0.364 e. The number of halogens is 1. The lowest BCUT2D eigenvalue weighted by Crippen LogP contribution is -2.23. The third-order valence-corrected chi connectivity index (χ3v) is 2.56. The number of nitrogens with zero attached hydrogens (tertiary/aromatic N) is 1. The predicted octanol–water partition coefficient (Wildman–Crippen LogP) is 4.85. The van der Waals surface area contributed by atoms with Gasteiger partial charge in [0.25, 0.3) is 0 Å². The second kappa shape index (κ2) is 8.82. The molecule has 0 saturated heterocycles. The van der Waals surface area contributed by atoms with Crippen molar-refractivity contribution < 1.29 is 0 Å². The normalized spacial score (nSPS) is 9.11. The molecule has 0 amide bonds. The van der Waals surface area contributed by atoms with Crippen LogP contribution in [0.15, 0.2) is 53.6 Å². The van der Waals surface area contributed by atoms with Crippen LogP contribution in [0.2, 0.25) is 0 Å². The number of para-hydroxylation sites is 1. The van der Waals surface area contributed by atoms with E-state index in [4.69, 9.17) is 0 Å². The van der Waals surface area contributed by atoms with E-state index < -0.39 is 0 Å². The molecule has 0 saturated carbocycles. The quantitative estimate of drug-likeness (QED) is 0.688. The van der Waals surface area contributed by atoms with E-state index in [1.54, 1.807) is 0 Å². The van der Waals surface area contributed by atoms with Gasteiger partial charge in [-0.15, -0.1) is 12.4 Å². The van der Waals surface area contributed by atoms with Gasteiger partial charge in [-0.05, 0) is 39.8 Å². The average Bonchev–Trinajstić information content (AvgIpc) is 2.29. The minimum Gasteiger partial charge on any atom is -0.364 e. The van der Waals surface area contributed by atoms with Crippen LogP contribution in [-0.4, -0.2) is 13.1 Å².